The number of rotatable bonds is 3. The number of halogens is 2. The summed E-state index contributed by atoms with van der Waals surface area (Å²) in [5.41, 5.74) is 1.03. The van der Waals surface area contributed by atoms with Crippen molar-refractivity contribution in [2.24, 2.45) is 0 Å². The van der Waals surface area contributed by atoms with E-state index < -0.39 is 11.7 Å². The quantitative estimate of drug-likeness (QED) is 0.878. The lowest BCUT2D eigenvalue weighted by Crippen LogP contribution is -2.26. The van der Waals surface area contributed by atoms with Crippen molar-refractivity contribution in [3.05, 3.63) is 51.2 Å². The summed E-state index contributed by atoms with van der Waals surface area (Å²) in [4.78, 5) is 15.5. The summed E-state index contributed by atoms with van der Waals surface area (Å²) in [6.07, 6.45) is 0.974. The van der Waals surface area contributed by atoms with Gasteiger partial charge in [0.2, 0.25) is 0 Å². The predicted molar refractivity (Wildman–Crippen MR) is 69.4 cm³/mol. The molecule has 0 spiro atoms. The van der Waals surface area contributed by atoms with Crippen molar-refractivity contribution in [3.63, 3.8) is 0 Å². The molecular weight excluding hydrogens is 275 g/mol. The molecule has 0 fully saturated rings. The van der Waals surface area contributed by atoms with E-state index in [1.807, 2.05) is 23.8 Å². The number of nitrogens with zero attached hydrogens (tertiary/aromatic N) is 1. The fraction of sp³-hybridized carbons (Fsp3) is 0.167. The molecule has 0 radical (unpaired) electrons. The van der Waals surface area contributed by atoms with Crippen molar-refractivity contribution in [3.8, 4) is 0 Å². The summed E-state index contributed by atoms with van der Waals surface area (Å²) in [7, 11) is 0. The Morgan fingerprint density at radius 1 is 1.61 bits per heavy atom. The van der Waals surface area contributed by atoms with Crippen LogP contribution < -0.4 is 5.32 Å². The van der Waals surface area contributed by atoms with Crippen LogP contribution in [0.1, 0.15) is 28.9 Å². The first-order valence-electron chi connectivity index (χ1n) is 5.22. The normalized spacial score (nSPS) is 12.2. The molecule has 0 saturated heterocycles. The maximum atomic E-state index is 13.0. The van der Waals surface area contributed by atoms with E-state index in [9.17, 15) is 9.18 Å². The van der Waals surface area contributed by atoms with Gasteiger partial charge in [0.15, 0.2) is 0 Å². The van der Waals surface area contributed by atoms with Gasteiger partial charge < -0.3 is 5.32 Å². The Morgan fingerprint density at radius 3 is 3.06 bits per heavy atom. The third-order valence-electron chi connectivity index (χ3n) is 2.44. The first kappa shape index (κ1) is 13.0. The number of amides is 1. The lowest BCUT2D eigenvalue weighted by Gasteiger charge is -2.13. The summed E-state index contributed by atoms with van der Waals surface area (Å²) in [6, 6.07) is 2.83. The van der Waals surface area contributed by atoms with Crippen molar-refractivity contribution in [2.75, 3.05) is 0 Å². The SMILES string of the molecule is CC(NC(=O)c1cc(F)cnc1Cl)c1ccsc1. The average molecular weight is 285 g/mol. The first-order valence-corrected chi connectivity index (χ1v) is 6.54. The molecule has 0 bridgehead atoms. The lowest BCUT2D eigenvalue weighted by molar-refractivity contribution is 0.0939. The number of nitrogens with one attached hydrogen (secondary N) is 1. The van der Waals surface area contributed by atoms with Crippen LogP contribution in [0.25, 0.3) is 0 Å². The number of hydrogen-bond acceptors (Lipinski definition) is 3. The van der Waals surface area contributed by atoms with Crippen LogP contribution >= 0.6 is 22.9 Å². The van der Waals surface area contributed by atoms with Crippen molar-refractivity contribution < 1.29 is 9.18 Å². The monoisotopic (exact) mass is 284 g/mol. The zero-order chi connectivity index (χ0) is 13.1. The minimum Gasteiger partial charge on any atom is -0.345 e. The summed E-state index contributed by atoms with van der Waals surface area (Å²) >= 11 is 7.31. The number of aromatic nitrogens is 1. The van der Waals surface area contributed by atoms with Crippen molar-refractivity contribution >= 4 is 28.8 Å². The molecule has 2 aromatic rings. The molecule has 94 valence electrons. The molecule has 0 aromatic carbocycles. The largest absolute Gasteiger partial charge is 0.345 e. The van der Waals surface area contributed by atoms with E-state index >= 15 is 0 Å². The van der Waals surface area contributed by atoms with Crippen molar-refractivity contribution in [1.29, 1.82) is 0 Å². The highest BCUT2D eigenvalue weighted by Crippen LogP contribution is 2.18. The Bertz CT molecular complexity index is 559. The standard InChI is InChI=1S/C12H10ClFN2OS/c1-7(8-2-3-18-6-8)16-12(17)10-4-9(14)5-15-11(10)13/h2-7H,1H3,(H,16,17). The van der Waals surface area contributed by atoms with Gasteiger partial charge in [0.1, 0.15) is 11.0 Å². The van der Waals surface area contributed by atoms with E-state index in [4.69, 9.17) is 11.6 Å². The van der Waals surface area contributed by atoms with E-state index in [0.717, 1.165) is 17.8 Å². The van der Waals surface area contributed by atoms with Gasteiger partial charge in [-0.2, -0.15) is 11.3 Å². The first-order chi connectivity index (χ1) is 8.58. The molecule has 1 N–H and O–H groups in total. The van der Waals surface area contributed by atoms with Crippen LogP contribution in [0.15, 0.2) is 29.1 Å². The summed E-state index contributed by atoms with van der Waals surface area (Å²) < 4.78 is 13.0. The highest BCUT2D eigenvalue weighted by Gasteiger charge is 2.16. The molecule has 0 saturated carbocycles. The Kier molecular flexibility index (Phi) is 3.93. The van der Waals surface area contributed by atoms with Crippen LogP contribution in [0, 0.1) is 5.82 Å². The molecule has 2 rings (SSSR count). The molecule has 6 heteroatoms. The Hall–Kier alpha value is -1.46. The molecule has 2 aromatic heterocycles. The Balaban J connectivity index is 2.15. The number of thiophene rings is 1. The van der Waals surface area contributed by atoms with Crippen LogP contribution in [-0.4, -0.2) is 10.9 Å². The van der Waals surface area contributed by atoms with E-state index in [-0.39, 0.29) is 16.8 Å². The van der Waals surface area contributed by atoms with Crippen LogP contribution in [0.2, 0.25) is 5.15 Å². The molecule has 0 aliphatic carbocycles. The van der Waals surface area contributed by atoms with Gasteiger partial charge in [-0.3, -0.25) is 4.79 Å². The van der Waals surface area contributed by atoms with Gasteiger partial charge in [-0.15, -0.1) is 0 Å². The van der Waals surface area contributed by atoms with Crippen LogP contribution in [0.5, 0.6) is 0 Å². The van der Waals surface area contributed by atoms with Gasteiger partial charge in [-0.05, 0) is 35.4 Å². The second kappa shape index (κ2) is 5.46. The van der Waals surface area contributed by atoms with Gasteiger partial charge >= 0.3 is 0 Å². The highest BCUT2D eigenvalue weighted by atomic mass is 35.5. The van der Waals surface area contributed by atoms with E-state index in [2.05, 4.69) is 10.3 Å². The number of pyridine rings is 1. The molecule has 3 nitrogen and oxygen atoms in total. The fourth-order valence-corrected chi connectivity index (χ4v) is 2.40. The fourth-order valence-electron chi connectivity index (χ4n) is 1.46. The maximum Gasteiger partial charge on any atom is 0.254 e. The molecule has 1 amide bonds. The number of hydrogen-bond donors (Lipinski definition) is 1. The zero-order valence-electron chi connectivity index (χ0n) is 9.48. The third kappa shape index (κ3) is 2.86. The molecule has 2 heterocycles. The number of carbonyl (C=O) groups excluding carboxylic acids is 1. The lowest BCUT2D eigenvalue weighted by atomic mass is 10.1. The van der Waals surface area contributed by atoms with Crippen LogP contribution in [0.4, 0.5) is 4.39 Å². The molecule has 0 aliphatic heterocycles. The minimum absolute atomic E-state index is 0.00795. The van der Waals surface area contributed by atoms with Gasteiger partial charge in [0.05, 0.1) is 17.8 Å². The number of carbonyl (C=O) groups is 1. The molecule has 18 heavy (non-hydrogen) atoms. The van der Waals surface area contributed by atoms with Gasteiger partial charge in [0.25, 0.3) is 5.91 Å². The minimum atomic E-state index is -0.590. The van der Waals surface area contributed by atoms with Gasteiger partial charge in [-0.25, -0.2) is 9.37 Å². The summed E-state index contributed by atoms with van der Waals surface area (Å²) in [5, 5.41) is 6.60. The maximum absolute atomic E-state index is 13.0. The van der Waals surface area contributed by atoms with Gasteiger partial charge in [-0.1, -0.05) is 11.6 Å². The smallest absolute Gasteiger partial charge is 0.254 e. The predicted octanol–water partition coefficient (Wildman–Crippen LogP) is 3.43. The van der Waals surface area contributed by atoms with Crippen LogP contribution in [-0.2, 0) is 0 Å². The topological polar surface area (TPSA) is 42.0 Å². The summed E-state index contributed by atoms with van der Waals surface area (Å²) in [6.45, 7) is 1.85. The Morgan fingerprint density at radius 2 is 2.39 bits per heavy atom. The van der Waals surface area contributed by atoms with Crippen molar-refractivity contribution in [2.45, 2.75) is 13.0 Å². The molecular formula is C12H10ClFN2OS. The third-order valence-corrected chi connectivity index (χ3v) is 3.44. The molecule has 1 unspecified atom stereocenters. The zero-order valence-corrected chi connectivity index (χ0v) is 11.1. The Labute approximate surface area is 113 Å². The van der Waals surface area contributed by atoms with E-state index in [0.29, 0.717) is 0 Å². The molecule has 0 aliphatic rings. The average Bonchev–Trinajstić information content (AvgIpc) is 2.85. The van der Waals surface area contributed by atoms with Crippen molar-refractivity contribution in [1.82, 2.24) is 10.3 Å². The van der Waals surface area contributed by atoms with E-state index in [1.165, 1.54) is 0 Å². The summed E-state index contributed by atoms with van der Waals surface area (Å²) in [5.74, 6) is -1.03. The molecule has 1 atom stereocenters. The second-order valence-corrected chi connectivity index (χ2v) is 4.88. The highest BCUT2D eigenvalue weighted by molar-refractivity contribution is 7.07. The van der Waals surface area contributed by atoms with Gasteiger partial charge in [0, 0.05) is 0 Å². The van der Waals surface area contributed by atoms with E-state index in [1.54, 1.807) is 11.3 Å². The second-order valence-electron chi connectivity index (χ2n) is 3.74. The van der Waals surface area contributed by atoms with Crippen LogP contribution in [0.3, 0.4) is 0 Å².